The van der Waals surface area contributed by atoms with Gasteiger partial charge in [0.1, 0.15) is 0 Å². The van der Waals surface area contributed by atoms with Crippen LogP contribution in [-0.2, 0) is 0 Å². The molecule has 0 aromatic heterocycles. The maximum atomic E-state index is 6.26. The van der Waals surface area contributed by atoms with E-state index < -0.39 is 0 Å². The SMILES string of the molecule is Cl.N[C@@H](c1cc(Br)ccc1Cl)C1CCCC1. The molecule has 1 saturated carbocycles. The molecule has 2 N–H and O–H groups in total. The lowest BCUT2D eigenvalue weighted by Crippen LogP contribution is -2.19. The van der Waals surface area contributed by atoms with Crippen LogP contribution in [0, 0.1) is 5.92 Å². The van der Waals surface area contributed by atoms with Gasteiger partial charge in [0.2, 0.25) is 0 Å². The van der Waals surface area contributed by atoms with Gasteiger partial charge in [-0.2, -0.15) is 0 Å². The molecule has 0 saturated heterocycles. The van der Waals surface area contributed by atoms with Crippen molar-refractivity contribution in [2.45, 2.75) is 31.7 Å². The van der Waals surface area contributed by atoms with Gasteiger partial charge in [0.05, 0.1) is 0 Å². The molecule has 0 amide bonds. The van der Waals surface area contributed by atoms with Crippen molar-refractivity contribution < 1.29 is 0 Å². The van der Waals surface area contributed by atoms with E-state index in [0.717, 1.165) is 15.1 Å². The summed E-state index contributed by atoms with van der Waals surface area (Å²) in [5.74, 6) is 0.608. The summed E-state index contributed by atoms with van der Waals surface area (Å²) in [6.45, 7) is 0. The highest BCUT2D eigenvalue weighted by Gasteiger charge is 2.24. The van der Waals surface area contributed by atoms with Gasteiger partial charge in [0, 0.05) is 15.5 Å². The number of benzene rings is 1. The molecule has 1 aliphatic rings. The first-order valence-electron chi connectivity index (χ1n) is 5.39. The number of nitrogens with two attached hydrogens (primary N) is 1. The van der Waals surface area contributed by atoms with E-state index in [1.165, 1.54) is 25.7 Å². The maximum Gasteiger partial charge on any atom is 0.0454 e. The molecule has 0 spiro atoms. The van der Waals surface area contributed by atoms with Gasteiger partial charge in [-0.05, 0) is 42.5 Å². The van der Waals surface area contributed by atoms with Crippen LogP contribution in [0.15, 0.2) is 22.7 Å². The van der Waals surface area contributed by atoms with Crippen LogP contribution < -0.4 is 5.73 Å². The van der Waals surface area contributed by atoms with Crippen LogP contribution in [-0.4, -0.2) is 0 Å². The zero-order chi connectivity index (χ0) is 10.8. The Bertz CT molecular complexity index is 351. The first-order valence-corrected chi connectivity index (χ1v) is 6.56. The molecule has 1 aromatic carbocycles. The van der Waals surface area contributed by atoms with Crippen LogP contribution in [0.25, 0.3) is 0 Å². The Morgan fingerprint density at radius 2 is 1.94 bits per heavy atom. The fraction of sp³-hybridized carbons (Fsp3) is 0.500. The Hall–Kier alpha value is 0.240. The Kier molecular flexibility index (Phi) is 5.58. The van der Waals surface area contributed by atoms with Crippen LogP contribution in [0.2, 0.25) is 5.02 Å². The molecule has 16 heavy (non-hydrogen) atoms. The molecule has 1 nitrogen and oxygen atoms in total. The van der Waals surface area contributed by atoms with E-state index in [1.807, 2.05) is 18.2 Å². The first kappa shape index (κ1) is 14.3. The zero-order valence-electron chi connectivity index (χ0n) is 8.96. The summed E-state index contributed by atoms with van der Waals surface area (Å²) in [7, 11) is 0. The molecule has 1 atom stereocenters. The number of rotatable bonds is 2. The topological polar surface area (TPSA) is 26.0 Å². The van der Waals surface area contributed by atoms with Crippen molar-refractivity contribution in [1.29, 1.82) is 0 Å². The number of halogens is 3. The normalized spacial score (nSPS) is 18.2. The van der Waals surface area contributed by atoms with Gasteiger partial charge in [-0.3, -0.25) is 0 Å². The third-order valence-corrected chi connectivity index (χ3v) is 4.06. The molecule has 0 unspecified atom stereocenters. The van der Waals surface area contributed by atoms with Crippen molar-refractivity contribution in [2.75, 3.05) is 0 Å². The fourth-order valence-corrected chi connectivity index (χ4v) is 2.96. The van der Waals surface area contributed by atoms with Crippen molar-refractivity contribution in [2.24, 2.45) is 11.7 Å². The molecule has 90 valence electrons. The van der Waals surface area contributed by atoms with E-state index in [4.69, 9.17) is 17.3 Å². The molecule has 1 aliphatic carbocycles. The van der Waals surface area contributed by atoms with Crippen LogP contribution in [0.4, 0.5) is 0 Å². The minimum atomic E-state index is 0. The standard InChI is InChI=1S/C12H15BrClN.ClH/c13-9-5-6-11(14)10(7-9)12(15)8-3-1-2-4-8;/h5-8,12H,1-4,15H2;1H/t12-;/m1./s1. The predicted octanol–water partition coefficient (Wildman–Crippen LogP) is 4.71. The Morgan fingerprint density at radius 1 is 1.31 bits per heavy atom. The summed E-state index contributed by atoms with van der Waals surface area (Å²) in [4.78, 5) is 0. The van der Waals surface area contributed by atoms with Gasteiger partial charge in [0.25, 0.3) is 0 Å². The predicted molar refractivity (Wildman–Crippen MR) is 75.3 cm³/mol. The largest absolute Gasteiger partial charge is 0.324 e. The van der Waals surface area contributed by atoms with Crippen molar-refractivity contribution >= 4 is 39.9 Å². The molecule has 4 heteroatoms. The lowest BCUT2D eigenvalue weighted by atomic mass is 9.92. The third-order valence-electron chi connectivity index (χ3n) is 3.22. The molecule has 1 fully saturated rings. The molecular weight excluding hydrogens is 309 g/mol. The molecule has 0 radical (unpaired) electrons. The first-order chi connectivity index (χ1) is 7.18. The van der Waals surface area contributed by atoms with E-state index in [2.05, 4.69) is 15.9 Å². The van der Waals surface area contributed by atoms with Crippen molar-refractivity contribution in [3.63, 3.8) is 0 Å². The summed E-state index contributed by atoms with van der Waals surface area (Å²) < 4.78 is 1.05. The molecule has 2 rings (SSSR count). The van der Waals surface area contributed by atoms with Crippen molar-refractivity contribution in [3.8, 4) is 0 Å². The molecule has 0 heterocycles. The van der Waals surface area contributed by atoms with Gasteiger partial charge in [0.15, 0.2) is 0 Å². The lowest BCUT2D eigenvalue weighted by molar-refractivity contribution is 0.445. The summed E-state index contributed by atoms with van der Waals surface area (Å²) in [6, 6.07) is 6.01. The molecular formula is C12H16BrCl2N. The second-order valence-electron chi connectivity index (χ2n) is 4.24. The van der Waals surface area contributed by atoms with Crippen molar-refractivity contribution in [3.05, 3.63) is 33.3 Å². The van der Waals surface area contributed by atoms with Crippen molar-refractivity contribution in [1.82, 2.24) is 0 Å². The van der Waals surface area contributed by atoms with Crippen LogP contribution >= 0.6 is 39.9 Å². The minimum absolute atomic E-state index is 0. The smallest absolute Gasteiger partial charge is 0.0454 e. The number of hydrogen-bond acceptors (Lipinski definition) is 1. The van der Waals surface area contributed by atoms with Crippen LogP contribution in [0.5, 0.6) is 0 Å². The summed E-state index contributed by atoms with van der Waals surface area (Å²) in [6.07, 6.45) is 5.10. The summed E-state index contributed by atoms with van der Waals surface area (Å²) >= 11 is 9.63. The Balaban J connectivity index is 0.00000128. The van der Waals surface area contributed by atoms with E-state index in [0.29, 0.717) is 5.92 Å². The maximum absolute atomic E-state index is 6.26. The zero-order valence-corrected chi connectivity index (χ0v) is 12.1. The van der Waals surface area contributed by atoms with Gasteiger partial charge in [-0.15, -0.1) is 12.4 Å². The second-order valence-corrected chi connectivity index (χ2v) is 5.56. The Labute approximate surface area is 116 Å². The molecule has 0 bridgehead atoms. The van der Waals surface area contributed by atoms with E-state index in [1.54, 1.807) is 0 Å². The van der Waals surface area contributed by atoms with E-state index in [-0.39, 0.29) is 18.4 Å². The van der Waals surface area contributed by atoms with Crippen LogP contribution in [0.3, 0.4) is 0 Å². The van der Waals surface area contributed by atoms with Gasteiger partial charge < -0.3 is 5.73 Å². The Morgan fingerprint density at radius 3 is 2.56 bits per heavy atom. The van der Waals surface area contributed by atoms with Crippen LogP contribution in [0.1, 0.15) is 37.3 Å². The monoisotopic (exact) mass is 323 g/mol. The summed E-state index contributed by atoms with van der Waals surface area (Å²) in [5, 5.41) is 0.789. The highest BCUT2D eigenvalue weighted by atomic mass is 79.9. The van der Waals surface area contributed by atoms with E-state index in [9.17, 15) is 0 Å². The average Bonchev–Trinajstić information content (AvgIpc) is 2.74. The quantitative estimate of drug-likeness (QED) is 0.837. The average molecular weight is 325 g/mol. The second kappa shape index (κ2) is 6.25. The molecule has 1 aromatic rings. The molecule has 0 aliphatic heterocycles. The third kappa shape index (κ3) is 3.13. The van der Waals surface area contributed by atoms with E-state index >= 15 is 0 Å². The number of hydrogen-bond donors (Lipinski definition) is 1. The highest BCUT2D eigenvalue weighted by molar-refractivity contribution is 9.10. The summed E-state index contributed by atoms with van der Waals surface area (Å²) in [5.41, 5.74) is 7.35. The van der Waals surface area contributed by atoms with Gasteiger partial charge in [-0.25, -0.2) is 0 Å². The lowest BCUT2D eigenvalue weighted by Gasteiger charge is -2.20. The highest BCUT2D eigenvalue weighted by Crippen LogP contribution is 2.37. The minimum Gasteiger partial charge on any atom is -0.324 e. The van der Waals surface area contributed by atoms with Gasteiger partial charge in [-0.1, -0.05) is 40.4 Å². The fourth-order valence-electron chi connectivity index (χ4n) is 2.34. The van der Waals surface area contributed by atoms with Gasteiger partial charge >= 0.3 is 0 Å².